The molecule has 3 nitrogen and oxygen atoms in total. The lowest BCUT2D eigenvalue weighted by molar-refractivity contribution is -0.132. The second-order valence-electron chi connectivity index (χ2n) is 4.31. The Balaban J connectivity index is 0.00000289. The highest BCUT2D eigenvalue weighted by molar-refractivity contribution is 5.85. The monoisotopic (exact) mass is 274 g/mol. The minimum absolute atomic E-state index is 0. The molecule has 1 aromatic rings. The van der Waals surface area contributed by atoms with E-state index in [2.05, 4.69) is 0 Å². The first kappa shape index (κ1) is 16.9. The molecule has 1 amide bonds. The van der Waals surface area contributed by atoms with Crippen LogP contribution in [0.15, 0.2) is 24.3 Å². The Labute approximate surface area is 114 Å². The van der Waals surface area contributed by atoms with E-state index < -0.39 is 0 Å². The molecule has 0 aliphatic rings. The SMILES string of the molecule is CC(C(=O)N(C)C(C)CN)c1cccc(F)c1.Cl. The standard InChI is InChI=1S/C13H19FN2O.ClH/c1-9(8-15)16(3)13(17)10(2)11-5-4-6-12(14)7-11;/h4-7,9-10H,8,15H2,1-3H3;1H. The van der Waals surface area contributed by atoms with Crippen molar-refractivity contribution in [3.8, 4) is 0 Å². The fourth-order valence-electron chi connectivity index (χ4n) is 1.60. The number of halogens is 2. The molecule has 0 aliphatic heterocycles. The summed E-state index contributed by atoms with van der Waals surface area (Å²) in [5.41, 5.74) is 6.21. The van der Waals surface area contributed by atoms with Crippen LogP contribution in [0, 0.1) is 5.82 Å². The van der Waals surface area contributed by atoms with Crippen LogP contribution < -0.4 is 5.73 Å². The van der Waals surface area contributed by atoms with E-state index >= 15 is 0 Å². The van der Waals surface area contributed by atoms with E-state index in [0.29, 0.717) is 12.1 Å². The Morgan fingerprint density at radius 2 is 2.06 bits per heavy atom. The predicted molar refractivity (Wildman–Crippen MR) is 73.3 cm³/mol. The molecule has 0 spiro atoms. The van der Waals surface area contributed by atoms with Crippen LogP contribution in [0.3, 0.4) is 0 Å². The Morgan fingerprint density at radius 1 is 1.44 bits per heavy atom. The summed E-state index contributed by atoms with van der Waals surface area (Å²) in [6.45, 7) is 4.07. The summed E-state index contributed by atoms with van der Waals surface area (Å²) in [5, 5.41) is 0. The van der Waals surface area contributed by atoms with E-state index in [1.807, 2.05) is 6.92 Å². The van der Waals surface area contributed by atoms with E-state index in [0.717, 1.165) is 0 Å². The van der Waals surface area contributed by atoms with Gasteiger partial charge in [-0.15, -0.1) is 12.4 Å². The molecule has 1 rings (SSSR count). The zero-order valence-electron chi connectivity index (χ0n) is 10.9. The zero-order valence-corrected chi connectivity index (χ0v) is 11.7. The quantitative estimate of drug-likeness (QED) is 0.915. The van der Waals surface area contributed by atoms with Crippen molar-refractivity contribution < 1.29 is 9.18 Å². The van der Waals surface area contributed by atoms with E-state index in [9.17, 15) is 9.18 Å². The third-order valence-electron chi connectivity index (χ3n) is 3.07. The molecule has 0 bridgehead atoms. The topological polar surface area (TPSA) is 46.3 Å². The molecule has 102 valence electrons. The van der Waals surface area contributed by atoms with Crippen LogP contribution in [-0.2, 0) is 4.79 Å². The Kier molecular flexibility index (Phi) is 6.88. The van der Waals surface area contributed by atoms with Gasteiger partial charge in [0.25, 0.3) is 0 Å². The number of nitrogens with zero attached hydrogens (tertiary/aromatic N) is 1. The number of hydrogen-bond acceptors (Lipinski definition) is 2. The molecule has 0 fully saturated rings. The van der Waals surface area contributed by atoms with Gasteiger partial charge in [-0.05, 0) is 31.5 Å². The van der Waals surface area contributed by atoms with Crippen molar-refractivity contribution in [1.29, 1.82) is 0 Å². The van der Waals surface area contributed by atoms with Gasteiger partial charge in [0.2, 0.25) is 5.91 Å². The lowest BCUT2D eigenvalue weighted by Gasteiger charge is -2.26. The average molecular weight is 275 g/mol. The number of likely N-dealkylation sites (N-methyl/N-ethyl adjacent to an activating group) is 1. The maximum absolute atomic E-state index is 13.1. The number of hydrogen-bond donors (Lipinski definition) is 1. The number of benzene rings is 1. The number of amides is 1. The third kappa shape index (κ3) is 3.96. The lowest BCUT2D eigenvalue weighted by Crippen LogP contribution is -2.41. The minimum atomic E-state index is -0.357. The van der Waals surface area contributed by atoms with Gasteiger partial charge >= 0.3 is 0 Å². The van der Waals surface area contributed by atoms with Gasteiger partial charge in [0.1, 0.15) is 5.82 Å². The molecule has 18 heavy (non-hydrogen) atoms. The van der Waals surface area contributed by atoms with Crippen LogP contribution in [-0.4, -0.2) is 30.4 Å². The van der Waals surface area contributed by atoms with Gasteiger partial charge in [0, 0.05) is 19.6 Å². The highest BCUT2D eigenvalue weighted by atomic mass is 35.5. The van der Waals surface area contributed by atoms with Crippen molar-refractivity contribution in [3.05, 3.63) is 35.6 Å². The summed E-state index contributed by atoms with van der Waals surface area (Å²) >= 11 is 0. The summed E-state index contributed by atoms with van der Waals surface area (Å²) in [4.78, 5) is 13.7. The summed E-state index contributed by atoms with van der Waals surface area (Å²) in [6.07, 6.45) is 0. The largest absolute Gasteiger partial charge is 0.341 e. The summed E-state index contributed by atoms with van der Waals surface area (Å²) in [7, 11) is 1.72. The summed E-state index contributed by atoms with van der Waals surface area (Å²) in [6, 6.07) is 6.11. The van der Waals surface area contributed by atoms with Crippen LogP contribution in [0.4, 0.5) is 4.39 Å². The zero-order chi connectivity index (χ0) is 13.0. The first-order valence-electron chi connectivity index (χ1n) is 5.69. The molecule has 0 aromatic heterocycles. The molecule has 1 aromatic carbocycles. The minimum Gasteiger partial charge on any atom is -0.341 e. The van der Waals surface area contributed by atoms with Crippen LogP contribution in [0.25, 0.3) is 0 Å². The van der Waals surface area contributed by atoms with Crippen molar-refractivity contribution in [1.82, 2.24) is 4.90 Å². The molecule has 2 atom stereocenters. The number of carbonyl (C=O) groups is 1. The van der Waals surface area contributed by atoms with E-state index in [-0.39, 0.29) is 36.1 Å². The van der Waals surface area contributed by atoms with Gasteiger partial charge in [0.05, 0.1) is 5.92 Å². The Bertz CT molecular complexity index is 400. The van der Waals surface area contributed by atoms with Gasteiger partial charge in [0.15, 0.2) is 0 Å². The first-order chi connectivity index (χ1) is 7.97. The molecule has 0 aliphatic carbocycles. The highest BCUT2D eigenvalue weighted by Crippen LogP contribution is 2.19. The van der Waals surface area contributed by atoms with Gasteiger partial charge in [-0.2, -0.15) is 0 Å². The van der Waals surface area contributed by atoms with Crippen molar-refractivity contribution in [2.45, 2.75) is 25.8 Å². The van der Waals surface area contributed by atoms with Crippen molar-refractivity contribution >= 4 is 18.3 Å². The number of carbonyl (C=O) groups excluding carboxylic acids is 1. The highest BCUT2D eigenvalue weighted by Gasteiger charge is 2.22. The van der Waals surface area contributed by atoms with Gasteiger partial charge in [-0.25, -0.2) is 4.39 Å². The van der Waals surface area contributed by atoms with E-state index in [1.165, 1.54) is 12.1 Å². The van der Waals surface area contributed by atoms with Crippen LogP contribution in [0.5, 0.6) is 0 Å². The van der Waals surface area contributed by atoms with Crippen molar-refractivity contribution in [2.24, 2.45) is 5.73 Å². The maximum atomic E-state index is 13.1. The van der Waals surface area contributed by atoms with Gasteiger partial charge in [-0.3, -0.25) is 4.79 Å². The second kappa shape index (κ2) is 7.34. The Hall–Kier alpha value is -1.13. The van der Waals surface area contributed by atoms with Crippen LogP contribution in [0.1, 0.15) is 25.3 Å². The van der Waals surface area contributed by atoms with Crippen LogP contribution in [0.2, 0.25) is 0 Å². The molecule has 0 saturated carbocycles. The molecular weight excluding hydrogens is 255 g/mol. The third-order valence-corrected chi connectivity index (χ3v) is 3.07. The lowest BCUT2D eigenvalue weighted by atomic mass is 9.99. The average Bonchev–Trinajstić information content (AvgIpc) is 2.35. The number of rotatable bonds is 4. The fourth-order valence-corrected chi connectivity index (χ4v) is 1.60. The summed E-state index contributed by atoms with van der Waals surface area (Å²) in [5.74, 6) is -0.727. The molecule has 0 radical (unpaired) electrons. The van der Waals surface area contributed by atoms with Gasteiger partial charge < -0.3 is 10.6 Å². The molecular formula is C13H20ClFN2O. The first-order valence-corrected chi connectivity index (χ1v) is 5.69. The van der Waals surface area contributed by atoms with E-state index in [4.69, 9.17) is 5.73 Å². The smallest absolute Gasteiger partial charge is 0.229 e. The molecule has 2 unspecified atom stereocenters. The molecule has 0 saturated heterocycles. The van der Waals surface area contributed by atoms with Gasteiger partial charge in [-0.1, -0.05) is 12.1 Å². The second-order valence-corrected chi connectivity index (χ2v) is 4.31. The van der Waals surface area contributed by atoms with Crippen molar-refractivity contribution in [3.63, 3.8) is 0 Å². The van der Waals surface area contributed by atoms with E-state index in [1.54, 1.807) is 31.0 Å². The Morgan fingerprint density at radius 3 is 2.56 bits per heavy atom. The number of nitrogens with two attached hydrogens (primary N) is 1. The maximum Gasteiger partial charge on any atom is 0.229 e. The summed E-state index contributed by atoms with van der Waals surface area (Å²) < 4.78 is 13.1. The van der Waals surface area contributed by atoms with Crippen LogP contribution >= 0.6 is 12.4 Å². The molecule has 2 N–H and O–H groups in total. The normalized spacial score (nSPS) is 13.4. The van der Waals surface area contributed by atoms with Crippen molar-refractivity contribution in [2.75, 3.05) is 13.6 Å². The molecule has 0 heterocycles. The molecule has 5 heteroatoms. The fraction of sp³-hybridized carbons (Fsp3) is 0.462. The predicted octanol–water partition coefficient (Wildman–Crippen LogP) is 2.16.